The van der Waals surface area contributed by atoms with Crippen molar-refractivity contribution in [1.29, 1.82) is 0 Å². The van der Waals surface area contributed by atoms with Crippen molar-refractivity contribution in [3.8, 4) is 0 Å². The molecular formula is C7H12OP+. The number of rotatable bonds is 0. The molecule has 2 fully saturated rings. The van der Waals surface area contributed by atoms with Crippen LogP contribution in [0.3, 0.4) is 0 Å². The van der Waals surface area contributed by atoms with E-state index in [9.17, 15) is 4.57 Å². The van der Waals surface area contributed by atoms with Crippen LogP contribution in [0.2, 0.25) is 0 Å². The van der Waals surface area contributed by atoms with Crippen LogP contribution in [0.15, 0.2) is 0 Å². The molecule has 0 amide bonds. The van der Waals surface area contributed by atoms with Crippen molar-refractivity contribution in [2.75, 3.05) is 12.3 Å². The van der Waals surface area contributed by atoms with E-state index in [1.54, 1.807) is 0 Å². The Balaban J connectivity index is 2.08. The molecular weight excluding hydrogens is 131 g/mol. The van der Waals surface area contributed by atoms with E-state index >= 15 is 0 Å². The Morgan fingerprint density at radius 3 is 3.00 bits per heavy atom. The minimum Gasteiger partial charge on any atom is -0.0748 e. The van der Waals surface area contributed by atoms with Gasteiger partial charge in [-0.1, -0.05) is 11.5 Å². The molecule has 0 aromatic carbocycles. The standard InChI is InChI=1S/C7H12OP/c1-7-2-3-9(8)5-6(7)4-7/h6H,2-5H2,1H3/q+1. The summed E-state index contributed by atoms with van der Waals surface area (Å²) in [5.41, 5.74) is 0.642. The van der Waals surface area contributed by atoms with Gasteiger partial charge in [-0.2, -0.15) is 0 Å². The summed E-state index contributed by atoms with van der Waals surface area (Å²) in [6, 6.07) is 0. The van der Waals surface area contributed by atoms with Gasteiger partial charge in [0, 0.05) is 5.92 Å². The molecule has 0 aromatic heterocycles. The molecule has 1 saturated heterocycles. The maximum atomic E-state index is 11.0. The Morgan fingerprint density at radius 2 is 2.44 bits per heavy atom. The van der Waals surface area contributed by atoms with Gasteiger partial charge in [-0.3, -0.25) is 0 Å². The van der Waals surface area contributed by atoms with Crippen LogP contribution in [0, 0.1) is 11.3 Å². The molecule has 1 saturated carbocycles. The quantitative estimate of drug-likeness (QED) is 0.475. The van der Waals surface area contributed by atoms with Gasteiger partial charge in [0.1, 0.15) is 12.3 Å². The number of hydrogen-bond acceptors (Lipinski definition) is 1. The van der Waals surface area contributed by atoms with Crippen LogP contribution in [0.1, 0.15) is 19.8 Å². The van der Waals surface area contributed by atoms with Gasteiger partial charge < -0.3 is 0 Å². The van der Waals surface area contributed by atoms with Gasteiger partial charge in [-0.05, 0) is 18.3 Å². The van der Waals surface area contributed by atoms with Crippen molar-refractivity contribution in [2.45, 2.75) is 19.8 Å². The van der Waals surface area contributed by atoms with Crippen LogP contribution >= 0.6 is 7.80 Å². The maximum Gasteiger partial charge on any atom is 0.339 e. The van der Waals surface area contributed by atoms with Gasteiger partial charge in [0.15, 0.2) is 0 Å². The van der Waals surface area contributed by atoms with E-state index in [1.165, 1.54) is 12.8 Å². The molecule has 0 aromatic rings. The van der Waals surface area contributed by atoms with E-state index in [2.05, 4.69) is 6.92 Å². The van der Waals surface area contributed by atoms with Crippen molar-refractivity contribution in [2.24, 2.45) is 11.3 Å². The molecule has 3 unspecified atom stereocenters. The van der Waals surface area contributed by atoms with Crippen molar-refractivity contribution in [3.05, 3.63) is 0 Å². The van der Waals surface area contributed by atoms with Gasteiger partial charge >= 0.3 is 7.80 Å². The second-order valence-electron chi connectivity index (χ2n) is 3.69. The highest BCUT2D eigenvalue weighted by molar-refractivity contribution is 7.44. The van der Waals surface area contributed by atoms with Gasteiger partial charge in [-0.25, -0.2) is 0 Å². The third kappa shape index (κ3) is 0.826. The van der Waals surface area contributed by atoms with E-state index in [4.69, 9.17) is 0 Å². The minimum absolute atomic E-state index is 0.642. The highest BCUT2D eigenvalue weighted by atomic mass is 31.1. The second kappa shape index (κ2) is 1.58. The Morgan fingerprint density at radius 1 is 1.67 bits per heavy atom. The van der Waals surface area contributed by atoms with E-state index in [-0.39, 0.29) is 0 Å². The summed E-state index contributed by atoms with van der Waals surface area (Å²) in [5.74, 6) is 0.842. The molecule has 3 atom stereocenters. The third-order valence-electron chi connectivity index (χ3n) is 2.89. The Kier molecular flexibility index (Phi) is 1.02. The topological polar surface area (TPSA) is 17.1 Å². The predicted molar refractivity (Wildman–Crippen MR) is 38.2 cm³/mol. The van der Waals surface area contributed by atoms with Crippen molar-refractivity contribution >= 4 is 7.80 Å². The van der Waals surface area contributed by atoms with Crippen LogP contribution in [0.25, 0.3) is 0 Å². The molecule has 2 rings (SSSR count). The van der Waals surface area contributed by atoms with E-state index < -0.39 is 7.80 Å². The van der Waals surface area contributed by atoms with Gasteiger partial charge in [0.05, 0.1) is 0 Å². The van der Waals surface area contributed by atoms with E-state index in [0.29, 0.717) is 5.41 Å². The minimum atomic E-state index is -0.771. The third-order valence-corrected chi connectivity index (χ3v) is 4.46. The molecule has 0 N–H and O–H groups in total. The highest BCUT2D eigenvalue weighted by Gasteiger charge is 2.57. The van der Waals surface area contributed by atoms with Gasteiger partial charge in [0.25, 0.3) is 0 Å². The lowest BCUT2D eigenvalue weighted by Crippen LogP contribution is -2.07. The smallest absolute Gasteiger partial charge is 0.0748 e. The first-order chi connectivity index (χ1) is 4.21. The zero-order valence-corrected chi connectivity index (χ0v) is 6.66. The predicted octanol–water partition coefficient (Wildman–Crippen LogP) is 2.24. The molecule has 1 heterocycles. The van der Waals surface area contributed by atoms with Gasteiger partial charge in [-0.15, -0.1) is 0 Å². The number of fused-ring (bicyclic) bond motifs is 1. The van der Waals surface area contributed by atoms with Crippen LogP contribution in [0.5, 0.6) is 0 Å². The van der Waals surface area contributed by atoms with Crippen LogP contribution in [0.4, 0.5) is 0 Å². The van der Waals surface area contributed by atoms with Crippen LogP contribution < -0.4 is 0 Å². The fourth-order valence-corrected chi connectivity index (χ4v) is 3.82. The normalized spacial score (nSPS) is 52.6. The summed E-state index contributed by atoms with van der Waals surface area (Å²) in [6.07, 6.45) is 4.62. The Hall–Kier alpha value is 0.100. The first-order valence-corrected chi connectivity index (χ1v) is 5.26. The van der Waals surface area contributed by atoms with Crippen molar-refractivity contribution in [1.82, 2.24) is 0 Å². The molecule has 0 spiro atoms. The summed E-state index contributed by atoms with van der Waals surface area (Å²) >= 11 is 0. The van der Waals surface area contributed by atoms with Crippen LogP contribution in [-0.2, 0) is 4.57 Å². The first-order valence-electron chi connectivity index (χ1n) is 3.63. The van der Waals surface area contributed by atoms with Crippen molar-refractivity contribution < 1.29 is 4.57 Å². The van der Waals surface area contributed by atoms with Crippen molar-refractivity contribution in [3.63, 3.8) is 0 Å². The molecule has 0 bridgehead atoms. The summed E-state index contributed by atoms with van der Waals surface area (Å²) in [5, 5.41) is 0. The first kappa shape index (κ1) is 5.85. The summed E-state index contributed by atoms with van der Waals surface area (Å²) in [4.78, 5) is 0. The largest absolute Gasteiger partial charge is 0.339 e. The molecule has 50 valence electrons. The molecule has 2 aliphatic rings. The lowest BCUT2D eigenvalue weighted by atomic mass is 10.0. The average molecular weight is 143 g/mol. The highest BCUT2D eigenvalue weighted by Crippen LogP contribution is 2.62. The molecule has 9 heavy (non-hydrogen) atoms. The van der Waals surface area contributed by atoms with Gasteiger partial charge in [0.2, 0.25) is 0 Å². The summed E-state index contributed by atoms with van der Waals surface area (Å²) in [6.45, 7) is 2.33. The zero-order valence-electron chi connectivity index (χ0n) is 5.76. The lowest BCUT2D eigenvalue weighted by Gasteiger charge is -2.08. The summed E-state index contributed by atoms with van der Waals surface area (Å²) in [7, 11) is -0.771. The fourth-order valence-electron chi connectivity index (χ4n) is 1.81. The lowest BCUT2D eigenvalue weighted by molar-refractivity contribution is 0.479. The van der Waals surface area contributed by atoms with E-state index in [1.807, 2.05) is 0 Å². The monoisotopic (exact) mass is 143 g/mol. The molecule has 1 aliphatic carbocycles. The number of hydrogen-bond donors (Lipinski definition) is 0. The SMILES string of the molecule is CC12CC[P+](=O)CC1C2. The summed E-state index contributed by atoms with van der Waals surface area (Å²) < 4.78 is 11.0. The molecule has 0 radical (unpaired) electrons. The molecule has 2 heteroatoms. The van der Waals surface area contributed by atoms with Crippen LogP contribution in [-0.4, -0.2) is 12.3 Å². The van der Waals surface area contributed by atoms with E-state index in [0.717, 1.165) is 18.2 Å². The fraction of sp³-hybridized carbons (Fsp3) is 1.00. The maximum absolute atomic E-state index is 11.0. The average Bonchev–Trinajstić information content (AvgIpc) is 2.41. The second-order valence-corrected chi connectivity index (χ2v) is 5.47. The molecule has 1 aliphatic heterocycles. The zero-order chi connectivity index (χ0) is 6.48. The molecule has 1 nitrogen and oxygen atoms in total. The Labute approximate surface area is 56.6 Å². The Bertz CT molecular complexity index is 166.